The fourth-order valence-corrected chi connectivity index (χ4v) is 2.89. The molecule has 1 saturated carbocycles. The molecule has 2 atom stereocenters. The minimum absolute atomic E-state index is 0.0803. The average Bonchev–Trinajstić information content (AvgIpc) is 2.46. The maximum absolute atomic E-state index is 12.2. The second-order valence-corrected chi connectivity index (χ2v) is 5.43. The summed E-state index contributed by atoms with van der Waals surface area (Å²) in [6, 6.07) is 10.3. The summed E-state index contributed by atoms with van der Waals surface area (Å²) < 4.78 is 0. The van der Waals surface area contributed by atoms with Gasteiger partial charge in [-0.1, -0.05) is 42.0 Å². The average molecular weight is 258 g/mol. The number of aliphatic hydroxyl groups excluding tert-OH is 1. The SMILES string of the molecule is C/C(=C\C[C@@H]1C(=O)CCC[C@H]1c1ccccc1)CO. The monoisotopic (exact) mass is 258 g/mol. The van der Waals surface area contributed by atoms with Crippen molar-refractivity contribution in [3.05, 3.63) is 47.5 Å². The Kier molecular flexibility index (Phi) is 4.92. The lowest BCUT2D eigenvalue weighted by Gasteiger charge is -2.30. The minimum Gasteiger partial charge on any atom is -0.392 e. The molecule has 0 heterocycles. The predicted octanol–water partition coefficient (Wildman–Crippen LogP) is 3.47. The van der Waals surface area contributed by atoms with Crippen molar-refractivity contribution in [2.75, 3.05) is 6.61 Å². The number of carbonyl (C=O) groups excluding carboxylic acids is 1. The molecule has 0 aliphatic heterocycles. The normalized spacial score (nSPS) is 24.5. The largest absolute Gasteiger partial charge is 0.392 e. The van der Waals surface area contributed by atoms with Crippen LogP contribution in [-0.4, -0.2) is 17.5 Å². The Morgan fingerprint density at radius 1 is 1.37 bits per heavy atom. The first kappa shape index (κ1) is 14.0. The van der Waals surface area contributed by atoms with Crippen LogP contribution >= 0.6 is 0 Å². The third kappa shape index (κ3) is 3.54. The molecule has 0 bridgehead atoms. The van der Waals surface area contributed by atoms with Gasteiger partial charge in [-0.25, -0.2) is 0 Å². The maximum atomic E-state index is 12.2. The van der Waals surface area contributed by atoms with Crippen LogP contribution in [0.25, 0.3) is 0 Å². The van der Waals surface area contributed by atoms with E-state index in [9.17, 15) is 4.79 Å². The summed E-state index contributed by atoms with van der Waals surface area (Å²) in [7, 11) is 0. The topological polar surface area (TPSA) is 37.3 Å². The molecule has 2 rings (SSSR count). The molecule has 0 aromatic heterocycles. The number of hydrogen-bond acceptors (Lipinski definition) is 2. The Hall–Kier alpha value is -1.41. The highest BCUT2D eigenvalue weighted by Gasteiger charge is 2.31. The van der Waals surface area contributed by atoms with Crippen LogP contribution in [0.4, 0.5) is 0 Å². The van der Waals surface area contributed by atoms with E-state index in [1.807, 2.05) is 31.2 Å². The molecule has 1 aromatic carbocycles. The molecule has 1 aliphatic carbocycles. The highest BCUT2D eigenvalue weighted by atomic mass is 16.3. The molecule has 19 heavy (non-hydrogen) atoms. The first-order valence-electron chi connectivity index (χ1n) is 7.06. The van der Waals surface area contributed by atoms with Gasteiger partial charge < -0.3 is 5.11 Å². The molecule has 2 heteroatoms. The smallest absolute Gasteiger partial charge is 0.136 e. The Bertz CT molecular complexity index is 448. The Labute approximate surface area is 115 Å². The molecule has 1 aromatic rings. The highest BCUT2D eigenvalue weighted by Crippen LogP contribution is 2.37. The van der Waals surface area contributed by atoms with Crippen LogP contribution in [-0.2, 0) is 4.79 Å². The van der Waals surface area contributed by atoms with Crippen molar-refractivity contribution in [3.63, 3.8) is 0 Å². The second kappa shape index (κ2) is 6.67. The van der Waals surface area contributed by atoms with Crippen LogP contribution < -0.4 is 0 Å². The first-order chi connectivity index (χ1) is 9.22. The van der Waals surface area contributed by atoms with E-state index in [0.717, 1.165) is 24.8 Å². The van der Waals surface area contributed by atoms with E-state index >= 15 is 0 Å². The lowest BCUT2D eigenvalue weighted by molar-refractivity contribution is -0.125. The number of allylic oxidation sites excluding steroid dienone is 1. The third-order valence-corrected chi connectivity index (χ3v) is 4.03. The highest BCUT2D eigenvalue weighted by molar-refractivity contribution is 5.83. The summed E-state index contributed by atoms with van der Waals surface area (Å²) in [5, 5.41) is 9.06. The molecule has 102 valence electrons. The van der Waals surface area contributed by atoms with Gasteiger partial charge in [0.25, 0.3) is 0 Å². The van der Waals surface area contributed by atoms with Gasteiger partial charge in [0.1, 0.15) is 5.78 Å². The number of hydrogen-bond donors (Lipinski definition) is 1. The van der Waals surface area contributed by atoms with Crippen LogP contribution in [0.3, 0.4) is 0 Å². The van der Waals surface area contributed by atoms with E-state index < -0.39 is 0 Å². The molecule has 0 amide bonds. The maximum Gasteiger partial charge on any atom is 0.136 e. The number of benzene rings is 1. The molecule has 0 saturated heterocycles. The van der Waals surface area contributed by atoms with Crippen molar-refractivity contribution in [2.24, 2.45) is 5.92 Å². The van der Waals surface area contributed by atoms with Gasteiger partial charge in [0.2, 0.25) is 0 Å². The van der Waals surface area contributed by atoms with Gasteiger partial charge in [-0.15, -0.1) is 0 Å². The van der Waals surface area contributed by atoms with Gasteiger partial charge in [0.15, 0.2) is 0 Å². The van der Waals surface area contributed by atoms with Crippen molar-refractivity contribution in [2.45, 2.75) is 38.5 Å². The fourth-order valence-electron chi connectivity index (χ4n) is 2.89. The van der Waals surface area contributed by atoms with Crippen molar-refractivity contribution in [1.29, 1.82) is 0 Å². The third-order valence-electron chi connectivity index (χ3n) is 4.03. The van der Waals surface area contributed by atoms with Crippen LogP contribution in [0.15, 0.2) is 42.0 Å². The first-order valence-corrected chi connectivity index (χ1v) is 7.06. The van der Waals surface area contributed by atoms with E-state index in [1.165, 1.54) is 5.56 Å². The summed E-state index contributed by atoms with van der Waals surface area (Å²) in [6.07, 6.45) is 5.57. The Morgan fingerprint density at radius 2 is 2.11 bits per heavy atom. The van der Waals surface area contributed by atoms with Crippen LogP contribution in [0.1, 0.15) is 44.1 Å². The number of rotatable bonds is 4. The van der Waals surface area contributed by atoms with Gasteiger partial charge in [-0.3, -0.25) is 4.79 Å². The van der Waals surface area contributed by atoms with Crippen molar-refractivity contribution >= 4 is 5.78 Å². The van der Waals surface area contributed by atoms with E-state index in [0.29, 0.717) is 18.1 Å². The number of Topliss-reactive ketones (excluding diaryl/α,β-unsaturated/α-hetero) is 1. The molecular weight excluding hydrogens is 236 g/mol. The van der Waals surface area contributed by atoms with E-state index in [4.69, 9.17) is 5.11 Å². The van der Waals surface area contributed by atoms with Gasteiger partial charge >= 0.3 is 0 Å². The van der Waals surface area contributed by atoms with Crippen molar-refractivity contribution in [1.82, 2.24) is 0 Å². The van der Waals surface area contributed by atoms with Gasteiger partial charge in [-0.05, 0) is 37.7 Å². The predicted molar refractivity (Wildman–Crippen MR) is 77.0 cm³/mol. The van der Waals surface area contributed by atoms with Gasteiger partial charge in [0.05, 0.1) is 6.61 Å². The molecule has 0 radical (unpaired) electrons. The molecular formula is C17H22O2. The van der Waals surface area contributed by atoms with Gasteiger partial charge in [-0.2, -0.15) is 0 Å². The summed E-state index contributed by atoms with van der Waals surface area (Å²) in [6.45, 7) is 1.99. The summed E-state index contributed by atoms with van der Waals surface area (Å²) in [5.41, 5.74) is 2.22. The molecule has 1 fully saturated rings. The van der Waals surface area contributed by atoms with Crippen molar-refractivity contribution < 1.29 is 9.90 Å². The van der Waals surface area contributed by atoms with E-state index in [1.54, 1.807) is 0 Å². The summed E-state index contributed by atoms with van der Waals surface area (Å²) in [4.78, 5) is 12.2. The fraction of sp³-hybridized carbons (Fsp3) is 0.471. The molecule has 0 unspecified atom stereocenters. The van der Waals surface area contributed by atoms with Gasteiger partial charge in [0, 0.05) is 12.3 Å². The molecule has 1 N–H and O–H groups in total. The number of ketones is 1. The Balaban J connectivity index is 2.17. The zero-order chi connectivity index (χ0) is 13.7. The van der Waals surface area contributed by atoms with E-state index in [-0.39, 0.29) is 12.5 Å². The van der Waals surface area contributed by atoms with Crippen LogP contribution in [0.5, 0.6) is 0 Å². The van der Waals surface area contributed by atoms with Crippen molar-refractivity contribution in [3.8, 4) is 0 Å². The standard InChI is InChI=1S/C17H22O2/c1-13(12-18)10-11-16-15(8-5-9-17(16)19)14-6-3-2-4-7-14/h2-4,6-7,10,15-16,18H,5,8-9,11-12H2,1H3/b13-10+/t15-,16-/m0/s1. The minimum atomic E-state index is 0.0803. The molecule has 0 spiro atoms. The Morgan fingerprint density at radius 3 is 2.79 bits per heavy atom. The molecule has 1 aliphatic rings. The zero-order valence-electron chi connectivity index (χ0n) is 11.5. The summed E-state index contributed by atoms with van der Waals surface area (Å²) in [5.74, 6) is 0.796. The van der Waals surface area contributed by atoms with E-state index in [2.05, 4.69) is 12.1 Å². The second-order valence-electron chi connectivity index (χ2n) is 5.43. The lowest BCUT2D eigenvalue weighted by atomic mass is 9.73. The molecule has 2 nitrogen and oxygen atoms in total. The van der Waals surface area contributed by atoms with Crippen LogP contribution in [0.2, 0.25) is 0 Å². The van der Waals surface area contributed by atoms with Crippen LogP contribution in [0, 0.1) is 5.92 Å². The number of aliphatic hydroxyl groups is 1. The zero-order valence-corrected chi connectivity index (χ0v) is 11.5. The summed E-state index contributed by atoms with van der Waals surface area (Å²) >= 11 is 0. The quantitative estimate of drug-likeness (QED) is 0.840. The number of carbonyl (C=O) groups is 1. The lowest BCUT2D eigenvalue weighted by Crippen LogP contribution is -2.26.